The van der Waals surface area contributed by atoms with E-state index in [1.54, 1.807) is 6.07 Å². The van der Waals surface area contributed by atoms with Crippen molar-refractivity contribution in [3.05, 3.63) is 47.4 Å². The average Bonchev–Trinajstić information content (AvgIpc) is 2.88. The number of nitrogens with one attached hydrogen (secondary N) is 1. The number of benzene rings is 1. The zero-order valence-electron chi connectivity index (χ0n) is 13.9. The van der Waals surface area contributed by atoms with Crippen molar-refractivity contribution in [2.75, 3.05) is 43.4 Å². The number of carbonyl (C=O) groups is 1. The second-order valence-corrected chi connectivity index (χ2v) is 6.14. The summed E-state index contributed by atoms with van der Waals surface area (Å²) in [5.41, 5.74) is 2.96. The first-order valence-electron chi connectivity index (χ1n) is 7.95. The van der Waals surface area contributed by atoms with Gasteiger partial charge in [0.05, 0.1) is 0 Å². The highest BCUT2D eigenvalue weighted by Crippen LogP contribution is 2.20. The lowest BCUT2D eigenvalue weighted by atomic mass is 10.2. The van der Waals surface area contributed by atoms with Crippen LogP contribution < -0.4 is 10.2 Å². The fourth-order valence-corrected chi connectivity index (χ4v) is 2.70. The number of aryl methyl sites for hydroxylation is 2. The summed E-state index contributed by atoms with van der Waals surface area (Å²) in [5, 5.41) is 2.88. The predicted molar refractivity (Wildman–Crippen MR) is 92.3 cm³/mol. The van der Waals surface area contributed by atoms with Gasteiger partial charge in [-0.05, 0) is 56.8 Å². The van der Waals surface area contributed by atoms with Gasteiger partial charge in [-0.2, -0.15) is 0 Å². The van der Waals surface area contributed by atoms with Gasteiger partial charge in [-0.1, -0.05) is 0 Å². The molecule has 0 bridgehead atoms. The van der Waals surface area contributed by atoms with E-state index in [-0.39, 0.29) is 5.91 Å². The van der Waals surface area contributed by atoms with Crippen LogP contribution in [0.15, 0.2) is 34.7 Å². The molecule has 1 amide bonds. The summed E-state index contributed by atoms with van der Waals surface area (Å²) in [6, 6.07) is 9.75. The fourth-order valence-electron chi connectivity index (χ4n) is 2.70. The maximum absolute atomic E-state index is 12.2. The molecule has 2 aromatic rings. The summed E-state index contributed by atoms with van der Waals surface area (Å²) in [6.07, 6.45) is 0. The Bertz CT molecular complexity index is 663. The maximum atomic E-state index is 12.2. The molecule has 1 aromatic carbocycles. The number of nitrogens with zero attached hydrogens (tertiary/aromatic N) is 2. The molecular weight excluding hydrogens is 290 g/mol. The molecular formula is C18H23N3O2. The lowest BCUT2D eigenvalue weighted by Gasteiger charge is -2.34. The zero-order valence-corrected chi connectivity index (χ0v) is 13.9. The van der Waals surface area contributed by atoms with E-state index >= 15 is 0 Å². The van der Waals surface area contributed by atoms with Crippen molar-refractivity contribution in [1.82, 2.24) is 4.90 Å². The minimum Gasteiger partial charge on any atom is -0.456 e. The lowest BCUT2D eigenvalue weighted by molar-refractivity contribution is 0.0995. The van der Waals surface area contributed by atoms with Gasteiger partial charge in [0.1, 0.15) is 5.76 Å². The van der Waals surface area contributed by atoms with Gasteiger partial charge in [-0.3, -0.25) is 4.79 Å². The van der Waals surface area contributed by atoms with Crippen molar-refractivity contribution >= 4 is 17.3 Å². The van der Waals surface area contributed by atoms with E-state index in [0.717, 1.165) is 43.2 Å². The summed E-state index contributed by atoms with van der Waals surface area (Å²) in [4.78, 5) is 16.9. The molecule has 1 aliphatic heterocycles. The summed E-state index contributed by atoms with van der Waals surface area (Å²) in [7, 11) is 2.15. The van der Waals surface area contributed by atoms with Crippen LogP contribution in [-0.2, 0) is 0 Å². The van der Waals surface area contributed by atoms with Gasteiger partial charge in [0.25, 0.3) is 5.91 Å². The van der Waals surface area contributed by atoms with E-state index in [0.29, 0.717) is 5.76 Å². The molecule has 5 nitrogen and oxygen atoms in total. The molecule has 5 heteroatoms. The van der Waals surface area contributed by atoms with Crippen molar-refractivity contribution in [3.8, 4) is 0 Å². The molecule has 1 aliphatic rings. The van der Waals surface area contributed by atoms with E-state index in [1.165, 1.54) is 5.69 Å². The van der Waals surface area contributed by atoms with Crippen LogP contribution in [0.4, 0.5) is 11.4 Å². The van der Waals surface area contributed by atoms with Crippen LogP contribution in [0.2, 0.25) is 0 Å². The highest BCUT2D eigenvalue weighted by atomic mass is 16.3. The van der Waals surface area contributed by atoms with Crippen LogP contribution in [-0.4, -0.2) is 44.0 Å². The van der Waals surface area contributed by atoms with E-state index in [4.69, 9.17) is 4.42 Å². The number of piperazine rings is 1. The van der Waals surface area contributed by atoms with Crippen LogP contribution >= 0.6 is 0 Å². The number of anilines is 2. The quantitative estimate of drug-likeness (QED) is 0.946. The van der Waals surface area contributed by atoms with Crippen molar-refractivity contribution in [1.29, 1.82) is 0 Å². The molecule has 122 valence electrons. The van der Waals surface area contributed by atoms with Crippen molar-refractivity contribution in [2.45, 2.75) is 13.8 Å². The Morgan fingerprint density at radius 3 is 2.30 bits per heavy atom. The number of furan rings is 1. The molecule has 1 saturated heterocycles. The third-order valence-corrected chi connectivity index (χ3v) is 4.38. The van der Waals surface area contributed by atoms with Crippen molar-refractivity contribution in [2.24, 2.45) is 0 Å². The summed E-state index contributed by atoms with van der Waals surface area (Å²) in [5.74, 6) is 0.914. The Morgan fingerprint density at radius 1 is 1.09 bits per heavy atom. The van der Waals surface area contributed by atoms with Crippen LogP contribution in [0.1, 0.15) is 21.9 Å². The molecule has 3 rings (SSSR count). The van der Waals surface area contributed by atoms with Gasteiger partial charge in [0.15, 0.2) is 5.76 Å². The molecule has 0 saturated carbocycles. The molecule has 23 heavy (non-hydrogen) atoms. The first-order chi connectivity index (χ1) is 11.0. The van der Waals surface area contributed by atoms with Gasteiger partial charge >= 0.3 is 0 Å². The summed E-state index contributed by atoms with van der Waals surface area (Å²) >= 11 is 0. The molecule has 0 unspecified atom stereocenters. The molecule has 1 N–H and O–H groups in total. The molecule has 2 heterocycles. The smallest absolute Gasteiger partial charge is 0.291 e. The summed E-state index contributed by atoms with van der Waals surface area (Å²) in [6.45, 7) is 8.02. The Hall–Kier alpha value is -2.27. The molecule has 1 fully saturated rings. The van der Waals surface area contributed by atoms with Crippen LogP contribution in [0.25, 0.3) is 0 Å². The highest BCUT2D eigenvalue weighted by Gasteiger charge is 2.15. The Kier molecular flexibility index (Phi) is 4.39. The molecule has 0 radical (unpaired) electrons. The van der Waals surface area contributed by atoms with Crippen LogP contribution in [0, 0.1) is 13.8 Å². The van der Waals surface area contributed by atoms with Crippen molar-refractivity contribution < 1.29 is 9.21 Å². The van der Waals surface area contributed by atoms with Gasteiger partial charge < -0.3 is 19.5 Å². The predicted octanol–water partition coefficient (Wildman–Crippen LogP) is 2.90. The normalized spacial score (nSPS) is 15.7. The molecule has 0 aliphatic carbocycles. The van der Waals surface area contributed by atoms with E-state index in [2.05, 4.69) is 34.3 Å². The molecule has 0 spiro atoms. The van der Waals surface area contributed by atoms with Gasteiger partial charge in [-0.25, -0.2) is 0 Å². The van der Waals surface area contributed by atoms with Crippen LogP contribution in [0.3, 0.4) is 0 Å². The number of amides is 1. The Balaban J connectivity index is 1.64. The minimum atomic E-state index is -0.214. The third-order valence-electron chi connectivity index (χ3n) is 4.38. The Morgan fingerprint density at radius 2 is 1.74 bits per heavy atom. The first-order valence-corrected chi connectivity index (χ1v) is 7.95. The van der Waals surface area contributed by atoms with E-state index in [1.807, 2.05) is 26.0 Å². The monoisotopic (exact) mass is 313 g/mol. The third kappa shape index (κ3) is 3.56. The standard InChI is InChI=1S/C18H23N3O2/c1-13-12-17(23-14(13)2)18(22)19-15-4-6-16(7-5-15)21-10-8-20(3)9-11-21/h4-7,12H,8-11H2,1-3H3,(H,19,22). The fraction of sp³-hybridized carbons (Fsp3) is 0.389. The Labute approximate surface area is 136 Å². The van der Waals surface area contributed by atoms with Gasteiger partial charge in [0.2, 0.25) is 0 Å². The number of likely N-dealkylation sites (N-methyl/N-ethyl adjacent to an activating group) is 1. The number of carbonyl (C=O) groups excluding carboxylic acids is 1. The number of hydrogen-bond donors (Lipinski definition) is 1. The van der Waals surface area contributed by atoms with Gasteiger partial charge in [-0.15, -0.1) is 0 Å². The second kappa shape index (κ2) is 6.46. The van der Waals surface area contributed by atoms with E-state index in [9.17, 15) is 4.79 Å². The molecule has 1 aromatic heterocycles. The van der Waals surface area contributed by atoms with Crippen molar-refractivity contribution in [3.63, 3.8) is 0 Å². The first kappa shape index (κ1) is 15.6. The highest BCUT2D eigenvalue weighted by molar-refractivity contribution is 6.02. The van der Waals surface area contributed by atoms with E-state index < -0.39 is 0 Å². The van der Waals surface area contributed by atoms with Gasteiger partial charge in [0, 0.05) is 37.6 Å². The summed E-state index contributed by atoms with van der Waals surface area (Å²) < 4.78 is 5.45. The topological polar surface area (TPSA) is 48.7 Å². The molecule has 0 atom stereocenters. The number of hydrogen-bond acceptors (Lipinski definition) is 4. The largest absolute Gasteiger partial charge is 0.456 e. The maximum Gasteiger partial charge on any atom is 0.291 e. The average molecular weight is 313 g/mol. The lowest BCUT2D eigenvalue weighted by Crippen LogP contribution is -2.44. The zero-order chi connectivity index (χ0) is 16.4. The van der Waals surface area contributed by atoms with Crippen LogP contribution in [0.5, 0.6) is 0 Å². The minimum absolute atomic E-state index is 0.214. The SMILES string of the molecule is Cc1cc(C(=O)Nc2ccc(N3CCN(C)CC3)cc2)oc1C. The second-order valence-electron chi connectivity index (χ2n) is 6.14. The number of rotatable bonds is 3.